The van der Waals surface area contributed by atoms with E-state index in [1.807, 2.05) is 6.92 Å². The minimum absolute atomic E-state index is 0.225. The van der Waals surface area contributed by atoms with Crippen molar-refractivity contribution in [3.63, 3.8) is 0 Å². The Hall–Kier alpha value is -2.51. The van der Waals surface area contributed by atoms with Crippen LogP contribution in [-0.4, -0.2) is 22.1 Å². The van der Waals surface area contributed by atoms with Crippen LogP contribution in [0.5, 0.6) is 5.75 Å². The predicted molar refractivity (Wildman–Crippen MR) is 80.5 cm³/mol. The summed E-state index contributed by atoms with van der Waals surface area (Å²) in [6.07, 6.45) is -1.01. The predicted octanol–water partition coefficient (Wildman–Crippen LogP) is 3.54. The first-order chi connectivity index (χ1) is 11.4. The maximum Gasteiger partial charge on any atom is 0.573 e. The van der Waals surface area contributed by atoms with Crippen molar-refractivity contribution in [2.45, 2.75) is 32.2 Å². The maximum atomic E-state index is 12.5. The SMILES string of the molecule is CCn1cc(NC(=O)[C@@H]2C[C@H]2c2ccccc2OC(F)(F)F)cn1. The topological polar surface area (TPSA) is 56.2 Å². The lowest BCUT2D eigenvalue weighted by atomic mass is 10.1. The summed E-state index contributed by atoms with van der Waals surface area (Å²) in [6, 6.07) is 5.94. The zero-order valence-electron chi connectivity index (χ0n) is 12.9. The summed E-state index contributed by atoms with van der Waals surface area (Å²) in [5, 5.41) is 6.80. The van der Waals surface area contributed by atoms with Crippen LogP contribution in [0.2, 0.25) is 0 Å². The first-order valence-corrected chi connectivity index (χ1v) is 7.55. The number of carbonyl (C=O) groups excluding carboxylic acids is 1. The average Bonchev–Trinajstić information content (AvgIpc) is 3.19. The number of hydrogen-bond acceptors (Lipinski definition) is 3. The minimum atomic E-state index is -4.75. The van der Waals surface area contributed by atoms with Gasteiger partial charge in [0.1, 0.15) is 5.75 Å². The van der Waals surface area contributed by atoms with Gasteiger partial charge in [-0.05, 0) is 30.9 Å². The van der Waals surface area contributed by atoms with Gasteiger partial charge in [0, 0.05) is 18.7 Å². The number of rotatable bonds is 5. The van der Waals surface area contributed by atoms with Gasteiger partial charge in [-0.15, -0.1) is 13.2 Å². The normalized spacial score (nSPS) is 19.8. The number of aromatic nitrogens is 2. The lowest BCUT2D eigenvalue weighted by Crippen LogP contribution is -2.18. The molecular formula is C16H16F3N3O2. The summed E-state index contributed by atoms with van der Waals surface area (Å²) in [4.78, 5) is 12.2. The molecule has 0 saturated heterocycles. The van der Waals surface area contributed by atoms with Crippen molar-refractivity contribution in [1.82, 2.24) is 9.78 Å². The van der Waals surface area contributed by atoms with Gasteiger partial charge < -0.3 is 10.1 Å². The summed E-state index contributed by atoms with van der Waals surface area (Å²) < 4.78 is 43.1. The van der Waals surface area contributed by atoms with Crippen LogP contribution in [0.15, 0.2) is 36.7 Å². The van der Waals surface area contributed by atoms with Crippen LogP contribution in [0.1, 0.15) is 24.8 Å². The van der Waals surface area contributed by atoms with Gasteiger partial charge in [0.25, 0.3) is 0 Å². The molecule has 1 amide bonds. The Labute approximate surface area is 136 Å². The molecule has 1 aliphatic carbocycles. The van der Waals surface area contributed by atoms with Crippen molar-refractivity contribution < 1.29 is 22.7 Å². The van der Waals surface area contributed by atoms with Crippen LogP contribution in [0.4, 0.5) is 18.9 Å². The van der Waals surface area contributed by atoms with Gasteiger partial charge in [0.2, 0.25) is 5.91 Å². The van der Waals surface area contributed by atoms with Gasteiger partial charge >= 0.3 is 6.36 Å². The Morgan fingerprint density at radius 3 is 2.83 bits per heavy atom. The van der Waals surface area contributed by atoms with E-state index in [1.54, 1.807) is 29.2 Å². The Morgan fingerprint density at radius 2 is 2.17 bits per heavy atom. The monoisotopic (exact) mass is 339 g/mol. The van der Waals surface area contributed by atoms with E-state index in [9.17, 15) is 18.0 Å². The molecular weight excluding hydrogens is 323 g/mol. The molecule has 0 spiro atoms. The highest BCUT2D eigenvalue weighted by Gasteiger charge is 2.46. The van der Waals surface area contributed by atoms with E-state index in [0.29, 0.717) is 24.2 Å². The largest absolute Gasteiger partial charge is 0.573 e. The lowest BCUT2D eigenvalue weighted by Gasteiger charge is -2.13. The van der Waals surface area contributed by atoms with E-state index in [2.05, 4.69) is 15.2 Å². The molecule has 1 heterocycles. The molecule has 1 aliphatic rings. The van der Waals surface area contributed by atoms with Crippen LogP contribution in [-0.2, 0) is 11.3 Å². The van der Waals surface area contributed by atoms with E-state index in [0.717, 1.165) is 0 Å². The first kappa shape index (κ1) is 16.4. The van der Waals surface area contributed by atoms with Crippen molar-refractivity contribution in [3.8, 4) is 5.75 Å². The molecule has 2 atom stereocenters. The van der Waals surface area contributed by atoms with Gasteiger partial charge in [-0.25, -0.2) is 0 Å². The Balaban J connectivity index is 1.67. The zero-order valence-corrected chi connectivity index (χ0v) is 12.9. The van der Waals surface area contributed by atoms with Gasteiger partial charge in [-0.1, -0.05) is 18.2 Å². The van der Waals surface area contributed by atoms with Gasteiger partial charge in [0.05, 0.1) is 11.9 Å². The summed E-state index contributed by atoms with van der Waals surface area (Å²) >= 11 is 0. The lowest BCUT2D eigenvalue weighted by molar-refractivity contribution is -0.274. The van der Waals surface area contributed by atoms with Gasteiger partial charge in [-0.2, -0.15) is 5.10 Å². The highest BCUT2D eigenvalue weighted by Crippen LogP contribution is 2.51. The van der Waals surface area contributed by atoms with Crippen molar-refractivity contribution in [2.75, 3.05) is 5.32 Å². The Morgan fingerprint density at radius 1 is 1.42 bits per heavy atom. The molecule has 0 unspecified atom stereocenters. The van der Waals surface area contributed by atoms with Gasteiger partial charge in [0.15, 0.2) is 0 Å². The van der Waals surface area contributed by atoms with Crippen molar-refractivity contribution in [3.05, 3.63) is 42.2 Å². The number of hydrogen-bond donors (Lipinski definition) is 1. The third-order valence-electron chi connectivity index (χ3n) is 3.90. The fourth-order valence-corrected chi connectivity index (χ4v) is 2.67. The second-order valence-corrected chi connectivity index (χ2v) is 5.61. The minimum Gasteiger partial charge on any atom is -0.405 e. The molecule has 2 aromatic rings. The summed E-state index contributed by atoms with van der Waals surface area (Å²) in [5.41, 5.74) is 0.978. The number of nitrogens with one attached hydrogen (secondary N) is 1. The molecule has 1 aromatic carbocycles. The van der Waals surface area contributed by atoms with Crippen LogP contribution in [0.25, 0.3) is 0 Å². The number of anilines is 1. The van der Waals surface area contributed by atoms with Crippen molar-refractivity contribution in [2.24, 2.45) is 5.92 Å². The number of amides is 1. The molecule has 3 rings (SSSR count). The van der Waals surface area contributed by atoms with Crippen LogP contribution in [0.3, 0.4) is 0 Å². The summed E-state index contributed by atoms with van der Waals surface area (Å²) in [7, 11) is 0. The van der Waals surface area contributed by atoms with Crippen LogP contribution >= 0.6 is 0 Å². The molecule has 1 N–H and O–H groups in total. The number of aryl methyl sites for hydroxylation is 1. The van der Waals surface area contributed by atoms with Crippen molar-refractivity contribution in [1.29, 1.82) is 0 Å². The number of carbonyl (C=O) groups is 1. The molecule has 24 heavy (non-hydrogen) atoms. The third-order valence-corrected chi connectivity index (χ3v) is 3.90. The van der Waals surface area contributed by atoms with E-state index >= 15 is 0 Å². The second-order valence-electron chi connectivity index (χ2n) is 5.61. The zero-order chi connectivity index (χ0) is 17.3. The van der Waals surface area contributed by atoms with E-state index < -0.39 is 6.36 Å². The molecule has 0 aliphatic heterocycles. The van der Waals surface area contributed by atoms with Crippen LogP contribution in [0, 0.1) is 5.92 Å². The highest BCUT2D eigenvalue weighted by atomic mass is 19.4. The molecule has 1 saturated carbocycles. The number of alkyl halides is 3. The molecule has 1 aromatic heterocycles. The van der Waals surface area contributed by atoms with E-state index in [1.165, 1.54) is 12.1 Å². The quantitative estimate of drug-likeness (QED) is 0.906. The van der Waals surface area contributed by atoms with E-state index in [4.69, 9.17) is 0 Å². The molecule has 1 fully saturated rings. The first-order valence-electron chi connectivity index (χ1n) is 7.55. The maximum absolute atomic E-state index is 12.5. The standard InChI is InChI=1S/C16H16F3N3O2/c1-2-22-9-10(8-20-22)21-15(23)13-7-12(13)11-5-3-4-6-14(11)24-16(17,18)19/h3-6,8-9,12-13H,2,7H2,1H3,(H,21,23)/t12-,13+/m0/s1. The van der Waals surface area contributed by atoms with Crippen LogP contribution < -0.4 is 10.1 Å². The number of ether oxygens (including phenoxy) is 1. The Bertz CT molecular complexity index is 742. The average molecular weight is 339 g/mol. The fraction of sp³-hybridized carbons (Fsp3) is 0.375. The molecule has 0 radical (unpaired) electrons. The highest BCUT2D eigenvalue weighted by molar-refractivity contribution is 5.95. The molecule has 8 heteroatoms. The number of nitrogens with zero attached hydrogens (tertiary/aromatic N) is 2. The smallest absolute Gasteiger partial charge is 0.405 e. The number of para-hydroxylation sites is 1. The molecule has 0 bridgehead atoms. The van der Waals surface area contributed by atoms with Gasteiger partial charge in [-0.3, -0.25) is 9.48 Å². The summed E-state index contributed by atoms with van der Waals surface area (Å²) in [6.45, 7) is 2.61. The second kappa shape index (κ2) is 6.18. The Kier molecular flexibility index (Phi) is 4.21. The fourth-order valence-electron chi connectivity index (χ4n) is 2.67. The number of benzene rings is 1. The summed E-state index contributed by atoms with van der Waals surface area (Å²) in [5.74, 6) is -1.11. The molecule has 128 valence electrons. The third kappa shape index (κ3) is 3.69. The van der Waals surface area contributed by atoms with E-state index in [-0.39, 0.29) is 23.5 Å². The van der Waals surface area contributed by atoms with Crippen molar-refractivity contribution >= 4 is 11.6 Å². The molecule has 5 nitrogen and oxygen atoms in total. The number of halogens is 3.